The molecular formula is C8H13N3. The van der Waals surface area contributed by atoms with Gasteiger partial charge in [0, 0.05) is 6.54 Å². The number of hydrazine groups is 1. The first kappa shape index (κ1) is 8.20. The van der Waals surface area contributed by atoms with Gasteiger partial charge in [-0.15, -0.1) is 0 Å². The molecule has 0 bridgehead atoms. The molecule has 0 amide bonds. The van der Waals surface area contributed by atoms with Gasteiger partial charge in [0.05, 0.1) is 6.04 Å². The zero-order valence-corrected chi connectivity index (χ0v) is 6.33. The summed E-state index contributed by atoms with van der Waals surface area (Å²) < 4.78 is 0. The minimum atomic E-state index is 0.0659. The van der Waals surface area contributed by atoms with Crippen molar-refractivity contribution in [1.29, 1.82) is 0 Å². The Hall–Kier alpha value is -0.900. The summed E-state index contributed by atoms with van der Waals surface area (Å²) in [5, 5.41) is 0. The number of hydrogen-bond donors (Lipinski definition) is 3. The van der Waals surface area contributed by atoms with Gasteiger partial charge in [-0.1, -0.05) is 30.3 Å². The van der Waals surface area contributed by atoms with Crippen LogP contribution in [0.15, 0.2) is 30.3 Å². The Morgan fingerprint density at radius 3 is 2.36 bits per heavy atom. The maximum Gasteiger partial charge on any atom is 0.0582 e. The van der Waals surface area contributed by atoms with E-state index in [4.69, 9.17) is 11.6 Å². The van der Waals surface area contributed by atoms with Crippen LogP contribution in [0.5, 0.6) is 0 Å². The lowest BCUT2D eigenvalue weighted by Crippen LogP contribution is -2.33. The van der Waals surface area contributed by atoms with Crippen LogP contribution in [0.1, 0.15) is 11.6 Å². The van der Waals surface area contributed by atoms with Gasteiger partial charge in [0.2, 0.25) is 0 Å². The molecule has 0 aromatic heterocycles. The predicted octanol–water partition coefficient (Wildman–Crippen LogP) is 0.150. The molecule has 3 nitrogen and oxygen atoms in total. The Labute approximate surface area is 66.4 Å². The highest BCUT2D eigenvalue weighted by molar-refractivity contribution is 5.18. The summed E-state index contributed by atoms with van der Waals surface area (Å²) in [6.07, 6.45) is 0. The second-order valence-corrected chi connectivity index (χ2v) is 2.37. The number of hydrogen-bond acceptors (Lipinski definition) is 3. The fourth-order valence-electron chi connectivity index (χ4n) is 0.986. The smallest absolute Gasteiger partial charge is 0.0582 e. The Balaban J connectivity index is 2.74. The molecule has 1 aromatic rings. The first-order valence-corrected chi connectivity index (χ1v) is 3.59. The molecule has 0 radical (unpaired) electrons. The molecule has 0 spiro atoms. The van der Waals surface area contributed by atoms with Crippen molar-refractivity contribution in [2.24, 2.45) is 11.6 Å². The molecule has 0 aliphatic heterocycles. The molecule has 3 heteroatoms. The summed E-state index contributed by atoms with van der Waals surface area (Å²) in [4.78, 5) is 0. The summed E-state index contributed by atoms with van der Waals surface area (Å²) in [7, 11) is 0. The third-order valence-electron chi connectivity index (χ3n) is 1.64. The van der Waals surface area contributed by atoms with E-state index in [0.29, 0.717) is 6.54 Å². The van der Waals surface area contributed by atoms with Crippen LogP contribution in [-0.4, -0.2) is 6.54 Å². The standard InChI is InChI=1S/C8H13N3/c9-6-8(11-10)7-4-2-1-3-5-7/h1-5,8,11H,6,9-10H2. The quantitative estimate of drug-likeness (QED) is 0.425. The van der Waals surface area contributed by atoms with Gasteiger partial charge in [-0.05, 0) is 5.56 Å². The first-order valence-electron chi connectivity index (χ1n) is 3.59. The molecule has 0 aliphatic rings. The molecule has 0 heterocycles. The van der Waals surface area contributed by atoms with Gasteiger partial charge in [-0.25, -0.2) is 0 Å². The van der Waals surface area contributed by atoms with Gasteiger partial charge in [0.1, 0.15) is 0 Å². The molecule has 0 fully saturated rings. The first-order chi connectivity index (χ1) is 5.38. The van der Waals surface area contributed by atoms with E-state index in [1.54, 1.807) is 0 Å². The average molecular weight is 151 g/mol. The molecule has 60 valence electrons. The van der Waals surface area contributed by atoms with Gasteiger partial charge >= 0.3 is 0 Å². The van der Waals surface area contributed by atoms with Gasteiger partial charge in [-0.2, -0.15) is 0 Å². The van der Waals surface area contributed by atoms with Crippen molar-refractivity contribution in [3.8, 4) is 0 Å². The lowest BCUT2D eigenvalue weighted by Gasteiger charge is -2.12. The third-order valence-corrected chi connectivity index (χ3v) is 1.64. The maximum atomic E-state index is 5.47. The Kier molecular flexibility index (Phi) is 3.04. The fraction of sp³-hybridized carbons (Fsp3) is 0.250. The predicted molar refractivity (Wildman–Crippen MR) is 45.6 cm³/mol. The van der Waals surface area contributed by atoms with E-state index in [2.05, 4.69) is 5.43 Å². The van der Waals surface area contributed by atoms with Gasteiger partial charge in [-0.3, -0.25) is 11.3 Å². The molecule has 1 rings (SSSR count). The van der Waals surface area contributed by atoms with E-state index in [9.17, 15) is 0 Å². The van der Waals surface area contributed by atoms with Crippen LogP contribution in [-0.2, 0) is 0 Å². The normalized spacial score (nSPS) is 12.9. The van der Waals surface area contributed by atoms with E-state index in [0.717, 1.165) is 5.56 Å². The zero-order valence-electron chi connectivity index (χ0n) is 6.33. The monoisotopic (exact) mass is 151 g/mol. The van der Waals surface area contributed by atoms with Crippen molar-refractivity contribution in [2.45, 2.75) is 6.04 Å². The van der Waals surface area contributed by atoms with Crippen molar-refractivity contribution in [3.63, 3.8) is 0 Å². The molecule has 0 saturated heterocycles. The minimum Gasteiger partial charge on any atom is -0.329 e. The Morgan fingerprint density at radius 2 is 1.91 bits per heavy atom. The van der Waals surface area contributed by atoms with Gasteiger partial charge in [0.15, 0.2) is 0 Å². The number of rotatable bonds is 3. The van der Waals surface area contributed by atoms with Crippen LogP contribution in [0, 0.1) is 0 Å². The molecule has 1 unspecified atom stereocenters. The van der Waals surface area contributed by atoms with Crippen molar-refractivity contribution < 1.29 is 0 Å². The molecule has 1 aromatic carbocycles. The fourth-order valence-corrected chi connectivity index (χ4v) is 0.986. The largest absolute Gasteiger partial charge is 0.329 e. The third kappa shape index (κ3) is 2.01. The summed E-state index contributed by atoms with van der Waals surface area (Å²) in [6.45, 7) is 0.514. The average Bonchev–Trinajstić information content (AvgIpc) is 2.09. The summed E-state index contributed by atoms with van der Waals surface area (Å²) >= 11 is 0. The molecule has 5 N–H and O–H groups in total. The Bertz CT molecular complexity index is 194. The highest BCUT2D eigenvalue weighted by atomic mass is 15.2. The number of benzene rings is 1. The Morgan fingerprint density at radius 1 is 1.27 bits per heavy atom. The van der Waals surface area contributed by atoms with Crippen molar-refractivity contribution in [2.75, 3.05) is 6.54 Å². The van der Waals surface area contributed by atoms with Crippen LogP contribution in [0.2, 0.25) is 0 Å². The van der Waals surface area contributed by atoms with Crippen LogP contribution in [0.4, 0.5) is 0 Å². The maximum absolute atomic E-state index is 5.47. The topological polar surface area (TPSA) is 64.1 Å². The summed E-state index contributed by atoms with van der Waals surface area (Å²) in [5.74, 6) is 5.29. The second kappa shape index (κ2) is 4.08. The van der Waals surface area contributed by atoms with E-state index < -0.39 is 0 Å². The van der Waals surface area contributed by atoms with Crippen molar-refractivity contribution >= 4 is 0 Å². The SMILES string of the molecule is NCC(NN)c1ccccc1. The van der Waals surface area contributed by atoms with Crippen molar-refractivity contribution in [3.05, 3.63) is 35.9 Å². The minimum absolute atomic E-state index is 0.0659. The lowest BCUT2D eigenvalue weighted by molar-refractivity contribution is 0.564. The summed E-state index contributed by atoms with van der Waals surface area (Å²) in [6, 6.07) is 9.96. The number of nitrogens with one attached hydrogen (secondary N) is 1. The lowest BCUT2D eigenvalue weighted by atomic mass is 10.1. The van der Waals surface area contributed by atoms with Crippen LogP contribution in [0.25, 0.3) is 0 Å². The molecule has 11 heavy (non-hydrogen) atoms. The number of nitrogens with two attached hydrogens (primary N) is 2. The van der Waals surface area contributed by atoms with Crippen LogP contribution >= 0.6 is 0 Å². The summed E-state index contributed by atoms with van der Waals surface area (Å²) in [5.41, 5.74) is 9.24. The van der Waals surface area contributed by atoms with Crippen molar-refractivity contribution in [1.82, 2.24) is 5.43 Å². The molecule has 1 atom stereocenters. The van der Waals surface area contributed by atoms with E-state index >= 15 is 0 Å². The van der Waals surface area contributed by atoms with Crippen LogP contribution < -0.4 is 17.0 Å². The van der Waals surface area contributed by atoms with E-state index in [1.807, 2.05) is 30.3 Å². The van der Waals surface area contributed by atoms with Gasteiger partial charge in [0.25, 0.3) is 0 Å². The zero-order chi connectivity index (χ0) is 8.10. The van der Waals surface area contributed by atoms with Gasteiger partial charge < -0.3 is 5.73 Å². The highest BCUT2D eigenvalue weighted by Gasteiger charge is 2.04. The van der Waals surface area contributed by atoms with E-state index in [1.165, 1.54) is 0 Å². The molecular weight excluding hydrogens is 138 g/mol. The molecule has 0 aliphatic carbocycles. The molecule has 0 saturated carbocycles. The van der Waals surface area contributed by atoms with Crippen LogP contribution in [0.3, 0.4) is 0 Å². The van der Waals surface area contributed by atoms with E-state index in [-0.39, 0.29) is 6.04 Å². The highest BCUT2D eigenvalue weighted by Crippen LogP contribution is 2.08. The second-order valence-electron chi connectivity index (χ2n) is 2.37.